The van der Waals surface area contributed by atoms with Gasteiger partial charge >= 0.3 is 0 Å². The Morgan fingerprint density at radius 1 is 0.984 bits per heavy atom. The number of aromatic amines is 1. The van der Waals surface area contributed by atoms with Crippen molar-refractivity contribution in [1.29, 1.82) is 0 Å². The lowest BCUT2D eigenvalue weighted by atomic mass is 9.72. The molecule has 3 aromatic heterocycles. The molecule has 4 atom stereocenters. The molecule has 0 spiro atoms. The van der Waals surface area contributed by atoms with E-state index in [1.807, 2.05) is 31.2 Å². The monoisotopic (exact) mass is 898 g/mol. The molecule has 2 bridgehead atoms. The van der Waals surface area contributed by atoms with Crippen LogP contribution in [0.3, 0.4) is 0 Å². The number of carbonyl (C=O) groups excluding carboxylic acids is 1. The standard InChI is InChI=1S/C47H52Cl2N6O6S/c1-46(2)12-10-31(40(24-46)29-4-6-35(48)7-5-29)27-54-14-16-55(17-15-54)36-8-9-39(42(21-36)61-37-20-30-11-13-50-43(30)51-25-37)44(56)53-62(58,59)38-22-41(49)45(52-26-38)60-28-33-19-34-18-32(33)23-47(34,3)57/h4-9,11,13,20-22,25-26,32-34,57H,10,12,14-19,23-24,27-28H2,1-3H3,(H,50,51)(H,53,56)/t32-,33+,34-,47+/m1/s1. The summed E-state index contributed by atoms with van der Waals surface area (Å²) < 4.78 is 41.8. The number of carbonyl (C=O) groups is 1. The predicted octanol–water partition coefficient (Wildman–Crippen LogP) is 9.14. The van der Waals surface area contributed by atoms with E-state index in [1.165, 1.54) is 22.8 Å². The van der Waals surface area contributed by atoms with Gasteiger partial charge < -0.3 is 24.5 Å². The number of fused-ring (bicyclic) bond motifs is 3. The van der Waals surface area contributed by atoms with Gasteiger partial charge in [-0.15, -0.1) is 0 Å². The number of rotatable bonds is 12. The van der Waals surface area contributed by atoms with Crippen molar-refractivity contribution in [3.8, 4) is 17.4 Å². The van der Waals surface area contributed by atoms with Crippen molar-refractivity contribution in [3.63, 3.8) is 0 Å². The van der Waals surface area contributed by atoms with Gasteiger partial charge in [0.15, 0.2) is 0 Å². The molecule has 3 fully saturated rings. The number of sulfonamides is 1. The third-order valence-corrected chi connectivity index (χ3v) is 15.3. The number of pyridine rings is 2. The van der Waals surface area contributed by atoms with Gasteiger partial charge in [0.1, 0.15) is 27.1 Å². The summed E-state index contributed by atoms with van der Waals surface area (Å²) in [5.74, 6) is 0.679. The van der Waals surface area contributed by atoms with Crippen molar-refractivity contribution in [3.05, 3.63) is 106 Å². The largest absolute Gasteiger partial charge is 0.476 e. The molecule has 12 nitrogen and oxygen atoms in total. The number of piperazine rings is 1. The molecular weight excluding hydrogens is 848 g/mol. The summed E-state index contributed by atoms with van der Waals surface area (Å²) in [4.78, 5) is 30.1. The molecule has 2 saturated carbocycles. The average Bonchev–Trinajstić information content (AvgIpc) is 3.95. The number of nitrogens with zero attached hydrogens (tertiary/aromatic N) is 4. The summed E-state index contributed by atoms with van der Waals surface area (Å²) in [5, 5.41) is 12.1. The Morgan fingerprint density at radius 2 is 1.77 bits per heavy atom. The second-order valence-electron chi connectivity index (χ2n) is 18.5. The van der Waals surface area contributed by atoms with Crippen LogP contribution in [0.25, 0.3) is 16.6 Å². The van der Waals surface area contributed by atoms with E-state index in [0.29, 0.717) is 23.9 Å². The number of halogens is 2. The molecule has 3 N–H and O–H groups in total. The molecule has 62 heavy (non-hydrogen) atoms. The average molecular weight is 900 g/mol. The highest BCUT2D eigenvalue weighted by atomic mass is 35.5. The van der Waals surface area contributed by atoms with Crippen LogP contribution in [0.4, 0.5) is 5.69 Å². The van der Waals surface area contributed by atoms with Crippen molar-refractivity contribution in [2.45, 2.75) is 69.8 Å². The lowest BCUT2D eigenvalue weighted by Crippen LogP contribution is -2.47. The Bertz CT molecular complexity index is 2640. The molecule has 0 radical (unpaired) electrons. The number of aliphatic hydroxyl groups is 1. The second kappa shape index (κ2) is 16.8. The molecule has 15 heteroatoms. The molecule has 2 aromatic carbocycles. The topological polar surface area (TPSA) is 150 Å². The fourth-order valence-electron chi connectivity index (χ4n) is 9.93. The van der Waals surface area contributed by atoms with E-state index < -0.39 is 21.5 Å². The number of amides is 1. The second-order valence-corrected chi connectivity index (χ2v) is 21.0. The minimum Gasteiger partial charge on any atom is -0.476 e. The number of hydrogen-bond donors (Lipinski definition) is 3. The van der Waals surface area contributed by atoms with Crippen LogP contribution in [0.1, 0.15) is 75.2 Å². The molecule has 1 amide bonds. The smallest absolute Gasteiger partial charge is 0.268 e. The Kier molecular flexibility index (Phi) is 11.6. The first-order chi connectivity index (χ1) is 29.6. The van der Waals surface area contributed by atoms with Gasteiger partial charge in [-0.3, -0.25) is 9.69 Å². The number of H-pyrrole nitrogens is 1. The normalized spacial score (nSPS) is 23.8. The van der Waals surface area contributed by atoms with Crippen molar-refractivity contribution >= 4 is 61.4 Å². The summed E-state index contributed by atoms with van der Waals surface area (Å²) in [6.07, 6.45) is 10.3. The maximum absolute atomic E-state index is 13.9. The van der Waals surface area contributed by atoms with Gasteiger partial charge in [0.25, 0.3) is 15.9 Å². The summed E-state index contributed by atoms with van der Waals surface area (Å²) in [6.45, 7) is 11.1. The number of nitrogens with one attached hydrogen (secondary N) is 2. The molecule has 0 unspecified atom stereocenters. The molecule has 326 valence electrons. The predicted molar refractivity (Wildman–Crippen MR) is 242 cm³/mol. The number of benzene rings is 2. The first-order valence-electron chi connectivity index (χ1n) is 21.4. The molecule has 9 rings (SSSR count). The maximum Gasteiger partial charge on any atom is 0.268 e. The molecule has 3 aliphatic carbocycles. The minimum atomic E-state index is -4.42. The van der Waals surface area contributed by atoms with E-state index in [1.54, 1.807) is 30.6 Å². The third kappa shape index (κ3) is 9.05. The highest BCUT2D eigenvalue weighted by Crippen LogP contribution is 2.53. The van der Waals surface area contributed by atoms with Crippen LogP contribution in [0.15, 0.2) is 89.7 Å². The molecule has 4 aliphatic rings. The molecule has 1 saturated heterocycles. The quantitative estimate of drug-likeness (QED) is 0.111. The Hall–Kier alpha value is -4.66. The first-order valence-corrected chi connectivity index (χ1v) is 23.6. The molecule has 4 heterocycles. The van der Waals surface area contributed by atoms with E-state index in [2.05, 4.69) is 55.5 Å². The zero-order chi connectivity index (χ0) is 43.4. The van der Waals surface area contributed by atoms with Crippen LogP contribution in [0.2, 0.25) is 10.0 Å². The first kappa shape index (κ1) is 42.6. The van der Waals surface area contributed by atoms with Crippen molar-refractivity contribution < 1.29 is 27.8 Å². The van der Waals surface area contributed by atoms with Crippen LogP contribution in [-0.2, 0) is 10.0 Å². The van der Waals surface area contributed by atoms with E-state index >= 15 is 0 Å². The van der Waals surface area contributed by atoms with Gasteiger partial charge in [-0.25, -0.2) is 23.1 Å². The number of allylic oxidation sites excluding steroid dienone is 1. The Morgan fingerprint density at radius 3 is 2.50 bits per heavy atom. The summed E-state index contributed by atoms with van der Waals surface area (Å²) in [5.41, 5.74) is 5.31. The van der Waals surface area contributed by atoms with Crippen LogP contribution in [0.5, 0.6) is 17.4 Å². The number of hydrogen-bond acceptors (Lipinski definition) is 10. The van der Waals surface area contributed by atoms with Crippen LogP contribution >= 0.6 is 23.2 Å². The fraction of sp³-hybridized carbons (Fsp3) is 0.426. The van der Waals surface area contributed by atoms with Gasteiger partial charge in [-0.2, -0.15) is 0 Å². The van der Waals surface area contributed by atoms with E-state index in [0.717, 1.165) is 93.5 Å². The van der Waals surface area contributed by atoms with E-state index in [9.17, 15) is 18.3 Å². The van der Waals surface area contributed by atoms with Gasteiger partial charge in [0.2, 0.25) is 5.88 Å². The Balaban J connectivity index is 0.899. The van der Waals surface area contributed by atoms with Crippen molar-refractivity contribution in [2.75, 3.05) is 44.2 Å². The maximum atomic E-state index is 13.9. The van der Waals surface area contributed by atoms with Gasteiger partial charge in [-0.05, 0) is 122 Å². The number of ether oxygens (including phenoxy) is 2. The van der Waals surface area contributed by atoms with Crippen LogP contribution in [-0.4, -0.2) is 84.2 Å². The zero-order valence-corrected chi connectivity index (χ0v) is 37.5. The van der Waals surface area contributed by atoms with Crippen molar-refractivity contribution in [2.24, 2.45) is 23.2 Å². The summed E-state index contributed by atoms with van der Waals surface area (Å²) in [6, 6.07) is 18.3. The minimum absolute atomic E-state index is 0.0120. The number of anilines is 1. The molecular formula is C47H52Cl2N6O6S. The number of aromatic nitrogens is 3. The van der Waals surface area contributed by atoms with Gasteiger partial charge in [0, 0.05) is 61.1 Å². The summed E-state index contributed by atoms with van der Waals surface area (Å²) >= 11 is 12.7. The molecule has 5 aromatic rings. The van der Waals surface area contributed by atoms with E-state index in [4.69, 9.17) is 32.7 Å². The highest BCUT2D eigenvalue weighted by molar-refractivity contribution is 7.90. The zero-order valence-electron chi connectivity index (χ0n) is 35.2. The van der Waals surface area contributed by atoms with Crippen molar-refractivity contribution in [1.82, 2.24) is 24.6 Å². The third-order valence-electron chi connectivity index (χ3n) is 13.5. The fourth-order valence-corrected chi connectivity index (χ4v) is 11.3. The van der Waals surface area contributed by atoms with Crippen LogP contribution in [0, 0.1) is 23.2 Å². The Labute approximate surface area is 372 Å². The lowest BCUT2D eigenvalue weighted by molar-refractivity contribution is -0.0121. The van der Waals surface area contributed by atoms with Gasteiger partial charge in [0.05, 0.1) is 30.2 Å². The van der Waals surface area contributed by atoms with E-state index in [-0.39, 0.29) is 44.4 Å². The van der Waals surface area contributed by atoms with Crippen LogP contribution < -0.4 is 19.1 Å². The SMILES string of the molecule is CC1(C)CCC(CN2CCN(c3ccc(C(=O)NS(=O)(=O)c4cnc(OC[C@@H]5C[C@H]6C[C@@H]5C[C@]6(C)O)c(Cl)c4)c(Oc4cnc5[nH]ccc5c4)c3)CC2)=C(c2ccc(Cl)cc2)C1. The lowest BCUT2D eigenvalue weighted by Gasteiger charge is -2.39. The summed E-state index contributed by atoms with van der Waals surface area (Å²) in [7, 11) is -4.42. The highest BCUT2D eigenvalue weighted by Gasteiger charge is 2.51. The van der Waals surface area contributed by atoms with Gasteiger partial charge in [-0.1, -0.05) is 54.8 Å². The molecule has 1 aliphatic heterocycles.